The maximum Gasteiger partial charge on any atom is 0.339 e. The summed E-state index contributed by atoms with van der Waals surface area (Å²) in [4.78, 5) is 28.6. The maximum atomic E-state index is 13.3. The number of carbonyl (C=O) groups excluding carboxylic acids is 2. The topological polar surface area (TPSA) is 66.8 Å². The van der Waals surface area contributed by atoms with Gasteiger partial charge in [-0.15, -0.1) is 0 Å². The van der Waals surface area contributed by atoms with Crippen LogP contribution < -0.4 is 4.90 Å². The van der Waals surface area contributed by atoms with Crippen molar-refractivity contribution in [3.05, 3.63) is 59.2 Å². The first kappa shape index (κ1) is 24.8. The number of carbonyl (C=O) groups is 2. The number of rotatable bonds is 8. The van der Waals surface area contributed by atoms with E-state index < -0.39 is 5.97 Å². The molecule has 0 spiro atoms. The predicted molar refractivity (Wildman–Crippen MR) is 132 cm³/mol. The van der Waals surface area contributed by atoms with Gasteiger partial charge in [-0.05, 0) is 62.6 Å². The van der Waals surface area contributed by atoms with E-state index in [0.29, 0.717) is 17.8 Å². The largest absolute Gasteiger partial charge is 0.507 e. The molecule has 1 saturated carbocycles. The van der Waals surface area contributed by atoms with Crippen LogP contribution in [0.1, 0.15) is 80.2 Å². The highest BCUT2D eigenvalue weighted by Gasteiger charge is 2.34. The van der Waals surface area contributed by atoms with E-state index in [9.17, 15) is 14.7 Å². The molecule has 1 aliphatic rings. The number of hydrogen-bond donors (Lipinski definition) is 1. The van der Waals surface area contributed by atoms with E-state index in [1.165, 1.54) is 0 Å². The number of ketones is 1. The molecule has 0 aliphatic heterocycles. The molecule has 178 valence electrons. The first-order valence-corrected chi connectivity index (χ1v) is 12.2. The van der Waals surface area contributed by atoms with Crippen molar-refractivity contribution in [3.63, 3.8) is 0 Å². The summed E-state index contributed by atoms with van der Waals surface area (Å²) in [6.07, 6.45) is 2.89. The van der Waals surface area contributed by atoms with Crippen molar-refractivity contribution < 1.29 is 19.4 Å². The predicted octanol–water partition coefficient (Wildman–Crippen LogP) is 6.09. The van der Waals surface area contributed by atoms with Crippen LogP contribution in [0.2, 0.25) is 0 Å². The number of ether oxygens (including phenoxy) is 1. The van der Waals surface area contributed by atoms with Gasteiger partial charge < -0.3 is 14.7 Å². The number of anilines is 1. The normalized spacial score (nSPS) is 20.5. The fourth-order valence-corrected chi connectivity index (χ4v) is 4.95. The van der Waals surface area contributed by atoms with E-state index in [2.05, 4.69) is 25.7 Å². The van der Waals surface area contributed by atoms with Gasteiger partial charge >= 0.3 is 5.97 Å². The van der Waals surface area contributed by atoms with Crippen LogP contribution in [-0.4, -0.2) is 36.1 Å². The number of aromatic hydroxyl groups is 1. The minimum Gasteiger partial charge on any atom is -0.507 e. The molecule has 5 nitrogen and oxygen atoms in total. The summed E-state index contributed by atoms with van der Waals surface area (Å²) >= 11 is 0. The van der Waals surface area contributed by atoms with Crippen molar-refractivity contribution in [2.75, 3.05) is 18.0 Å². The number of phenols is 1. The SMILES string of the molecule is CCN(CC)c1ccc(C(=O)c2ccccc2C(=O)OC2CC(C)CCC2C(C)C)c(O)c1. The van der Waals surface area contributed by atoms with Gasteiger partial charge in [-0.3, -0.25) is 4.79 Å². The Bertz CT molecular complexity index is 980. The third-order valence-electron chi connectivity index (χ3n) is 6.97. The number of hydrogen-bond acceptors (Lipinski definition) is 5. The Labute approximate surface area is 197 Å². The highest BCUT2D eigenvalue weighted by Crippen LogP contribution is 2.36. The molecule has 5 heteroatoms. The third kappa shape index (κ3) is 5.58. The molecule has 0 amide bonds. The third-order valence-corrected chi connectivity index (χ3v) is 6.97. The standard InChI is InChI=1S/C28H37NO4/c1-6-29(7-2)20-13-15-24(25(30)17-20)27(31)22-10-8-9-11-23(22)28(32)33-26-16-19(5)12-14-21(26)18(3)4/h8-11,13,15,17-19,21,26,30H,6-7,12,14,16H2,1-5H3. The lowest BCUT2D eigenvalue weighted by Gasteiger charge is -2.36. The summed E-state index contributed by atoms with van der Waals surface area (Å²) < 4.78 is 6.00. The Kier molecular flexibility index (Phi) is 8.17. The fraction of sp³-hybridized carbons (Fsp3) is 0.500. The van der Waals surface area contributed by atoms with E-state index >= 15 is 0 Å². The zero-order chi connectivity index (χ0) is 24.1. The summed E-state index contributed by atoms with van der Waals surface area (Å²) in [5.41, 5.74) is 1.53. The minimum atomic E-state index is -0.469. The lowest BCUT2D eigenvalue weighted by atomic mass is 9.75. The molecular formula is C28H37NO4. The molecule has 3 rings (SSSR count). The van der Waals surface area contributed by atoms with Crippen LogP contribution in [0.25, 0.3) is 0 Å². The van der Waals surface area contributed by atoms with Gasteiger partial charge in [-0.2, -0.15) is 0 Å². The van der Waals surface area contributed by atoms with E-state index in [4.69, 9.17) is 4.74 Å². The Morgan fingerprint density at radius 1 is 1.03 bits per heavy atom. The quantitative estimate of drug-likeness (QED) is 0.389. The van der Waals surface area contributed by atoms with Crippen molar-refractivity contribution in [1.82, 2.24) is 0 Å². The molecular weight excluding hydrogens is 414 g/mol. The molecule has 2 aromatic carbocycles. The molecule has 33 heavy (non-hydrogen) atoms. The Hall–Kier alpha value is -2.82. The Morgan fingerprint density at radius 2 is 1.70 bits per heavy atom. The number of benzene rings is 2. The van der Waals surface area contributed by atoms with Gasteiger partial charge in [0.15, 0.2) is 5.78 Å². The van der Waals surface area contributed by atoms with Crippen molar-refractivity contribution in [2.24, 2.45) is 17.8 Å². The lowest BCUT2D eigenvalue weighted by Crippen LogP contribution is -2.36. The van der Waals surface area contributed by atoms with Gasteiger partial charge in [0.1, 0.15) is 11.9 Å². The zero-order valence-corrected chi connectivity index (χ0v) is 20.5. The van der Waals surface area contributed by atoms with Crippen molar-refractivity contribution in [3.8, 4) is 5.75 Å². The molecule has 2 aromatic rings. The average Bonchev–Trinajstić information content (AvgIpc) is 2.79. The summed E-state index contributed by atoms with van der Waals surface area (Å²) in [6.45, 7) is 12.2. The smallest absolute Gasteiger partial charge is 0.339 e. The number of nitrogens with zero attached hydrogens (tertiary/aromatic N) is 1. The van der Waals surface area contributed by atoms with Gasteiger partial charge in [0.25, 0.3) is 0 Å². The van der Waals surface area contributed by atoms with E-state index in [0.717, 1.165) is 38.0 Å². The average molecular weight is 452 g/mol. The van der Waals surface area contributed by atoms with Crippen LogP contribution in [0.3, 0.4) is 0 Å². The Morgan fingerprint density at radius 3 is 2.30 bits per heavy atom. The van der Waals surface area contributed by atoms with Crippen LogP contribution >= 0.6 is 0 Å². The van der Waals surface area contributed by atoms with E-state index in [1.54, 1.807) is 36.4 Å². The second-order valence-electron chi connectivity index (χ2n) is 9.52. The molecule has 3 atom stereocenters. The Balaban J connectivity index is 1.87. The molecule has 1 aliphatic carbocycles. The van der Waals surface area contributed by atoms with Crippen LogP contribution in [0.4, 0.5) is 5.69 Å². The van der Waals surface area contributed by atoms with Crippen molar-refractivity contribution in [2.45, 2.75) is 60.0 Å². The van der Waals surface area contributed by atoms with Gasteiger partial charge in [-0.1, -0.05) is 45.4 Å². The first-order chi connectivity index (χ1) is 15.8. The molecule has 0 radical (unpaired) electrons. The monoisotopic (exact) mass is 451 g/mol. The van der Waals surface area contributed by atoms with Gasteiger partial charge in [0.05, 0.1) is 11.1 Å². The van der Waals surface area contributed by atoms with Crippen LogP contribution in [-0.2, 0) is 4.74 Å². The highest BCUT2D eigenvalue weighted by molar-refractivity contribution is 6.15. The van der Waals surface area contributed by atoms with Gasteiger partial charge in [0.2, 0.25) is 0 Å². The number of phenolic OH excluding ortho intramolecular Hbond substituents is 1. The molecule has 0 heterocycles. The molecule has 0 aromatic heterocycles. The van der Waals surface area contributed by atoms with Crippen LogP contribution in [0.15, 0.2) is 42.5 Å². The van der Waals surface area contributed by atoms with Crippen molar-refractivity contribution >= 4 is 17.4 Å². The van der Waals surface area contributed by atoms with E-state index in [-0.39, 0.29) is 34.3 Å². The number of esters is 1. The second kappa shape index (κ2) is 10.9. The maximum absolute atomic E-state index is 13.3. The minimum absolute atomic E-state index is 0.0893. The summed E-state index contributed by atoms with van der Waals surface area (Å²) in [5, 5.41) is 10.6. The highest BCUT2D eigenvalue weighted by atomic mass is 16.5. The lowest BCUT2D eigenvalue weighted by molar-refractivity contribution is -0.0175. The zero-order valence-electron chi connectivity index (χ0n) is 20.5. The van der Waals surface area contributed by atoms with Crippen LogP contribution in [0.5, 0.6) is 5.75 Å². The van der Waals surface area contributed by atoms with Crippen molar-refractivity contribution in [1.29, 1.82) is 0 Å². The fourth-order valence-electron chi connectivity index (χ4n) is 4.95. The van der Waals surface area contributed by atoms with E-state index in [1.807, 2.05) is 19.9 Å². The summed E-state index contributed by atoms with van der Waals surface area (Å²) in [5.74, 6) is 0.314. The summed E-state index contributed by atoms with van der Waals surface area (Å²) in [6, 6.07) is 11.8. The molecule has 0 saturated heterocycles. The molecule has 3 unspecified atom stereocenters. The summed E-state index contributed by atoms with van der Waals surface area (Å²) in [7, 11) is 0. The molecule has 0 bridgehead atoms. The second-order valence-corrected chi connectivity index (χ2v) is 9.52. The van der Waals surface area contributed by atoms with Gasteiger partial charge in [0, 0.05) is 30.4 Å². The first-order valence-electron chi connectivity index (χ1n) is 12.2. The molecule has 1 fully saturated rings. The van der Waals surface area contributed by atoms with Gasteiger partial charge in [-0.25, -0.2) is 4.79 Å². The molecule has 1 N–H and O–H groups in total. The van der Waals surface area contributed by atoms with Crippen LogP contribution in [0, 0.1) is 17.8 Å².